The number of rotatable bonds is 17. The summed E-state index contributed by atoms with van der Waals surface area (Å²) in [5.74, 6) is 0. The van der Waals surface area contributed by atoms with Crippen LogP contribution in [0.25, 0.3) is 0 Å². The summed E-state index contributed by atoms with van der Waals surface area (Å²) >= 11 is 0. The lowest BCUT2D eigenvalue weighted by molar-refractivity contribution is -0.533. The van der Waals surface area contributed by atoms with Crippen LogP contribution in [0, 0.1) is 10.1 Å². The number of allylic oxidation sites excluding steroid dienone is 7. The minimum absolute atomic E-state index is 0.257. The van der Waals surface area contributed by atoms with Crippen molar-refractivity contribution in [3.05, 3.63) is 58.7 Å². The Kier molecular flexibility index (Phi) is 17.4. The molecule has 151 valence electrons. The summed E-state index contributed by atoms with van der Waals surface area (Å²) in [7, 11) is 0. The third-order valence-electron chi connectivity index (χ3n) is 4.15. The summed E-state index contributed by atoms with van der Waals surface area (Å²) in [6.45, 7) is 1.74. The molecule has 0 aliphatic carbocycles. The third-order valence-corrected chi connectivity index (χ3v) is 4.15. The zero-order chi connectivity index (χ0) is 20.2. The Labute approximate surface area is 163 Å². The monoisotopic (exact) mass is 376 g/mol. The highest BCUT2D eigenvalue weighted by atomic mass is 16.6. The normalized spacial score (nSPS) is 14.6. The van der Waals surface area contributed by atoms with Gasteiger partial charge in [-0.15, -0.1) is 0 Å². The molecule has 2 atom stereocenters. The lowest BCUT2D eigenvalue weighted by Gasteiger charge is -2.12. The quantitative estimate of drug-likeness (QED) is 0.124. The first kappa shape index (κ1) is 25.0. The van der Waals surface area contributed by atoms with Crippen LogP contribution in [-0.4, -0.2) is 28.5 Å². The molecule has 0 saturated carbocycles. The molecule has 27 heavy (non-hydrogen) atoms. The molecule has 1 N–H and O–H groups in total. The van der Waals surface area contributed by atoms with Crippen molar-refractivity contribution in [1.29, 1.82) is 0 Å². The molecule has 0 amide bonds. The average Bonchev–Trinajstić information content (AvgIpc) is 2.66. The standard InChI is InChI=1S/C22H34NO4/c1-2-22(25)21(23(26)27)19-17-15-13-11-9-7-5-3-4-6-8-10-12-14-16-18-20-24/h5-9,11,15,17,21-22,25H,2-4,10,12-14,16,18-19H2,1H3/b7-5-,8-6-,11-9-,17-15-. The molecule has 5 heteroatoms. The van der Waals surface area contributed by atoms with Gasteiger partial charge in [0.2, 0.25) is 6.04 Å². The van der Waals surface area contributed by atoms with E-state index in [1.165, 1.54) is 0 Å². The van der Waals surface area contributed by atoms with Crippen molar-refractivity contribution in [2.24, 2.45) is 0 Å². The van der Waals surface area contributed by atoms with Crippen molar-refractivity contribution in [2.75, 3.05) is 0 Å². The topological polar surface area (TPSA) is 80.4 Å². The van der Waals surface area contributed by atoms with Crippen LogP contribution in [0.15, 0.2) is 48.6 Å². The zero-order valence-corrected chi connectivity index (χ0v) is 16.5. The second kappa shape index (κ2) is 18.8. The van der Waals surface area contributed by atoms with Crippen molar-refractivity contribution in [3.8, 4) is 0 Å². The summed E-state index contributed by atoms with van der Waals surface area (Å²) in [4.78, 5) is 20.5. The van der Waals surface area contributed by atoms with Gasteiger partial charge in [0.05, 0.1) is 0 Å². The number of hydrogen-bond donors (Lipinski definition) is 1. The van der Waals surface area contributed by atoms with Crippen molar-refractivity contribution in [2.45, 2.75) is 83.3 Å². The van der Waals surface area contributed by atoms with E-state index in [-0.39, 0.29) is 6.42 Å². The molecule has 0 fully saturated rings. The van der Waals surface area contributed by atoms with Crippen LogP contribution in [-0.2, 0) is 4.79 Å². The number of carbonyl (C=O) groups excluding carboxylic acids is 1. The van der Waals surface area contributed by atoms with Gasteiger partial charge < -0.3 is 5.11 Å². The maximum Gasteiger partial charge on any atom is 0.241 e. The van der Waals surface area contributed by atoms with Crippen molar-refractivity contribution < 1.29 is 14.8 Å². The molecular weight excluding hydrogens is 342 g/mol. The zero-order valence-electron chi connectivity index (χ0n) is 16.5. The number of aliphatic hydroxyl groups is 1. The first-order valence-electron chi connectivity index (χ1n) is 9.91. The van der Waals surface area contributed by atoms with Crippen molar-refractivity contribution >= 4 is 6.29 Å². The molecule has 2 unspecified atom stereocenters. The van der Waals surface area contributed by atoms with E-state index in [9.17, 15) is 20.0 Å². The molecule has 1 radical (unpaired) electrons. The summed E-state index contributed by atoms with van der Waals surface area (Å²) < 4.78 is 0. The van der Waals surface area contributed by atoms with E-state index in [0.29, 0.717) is 12.8 Å². The average molecular weight is 377 g/mol. The van der Waals surface area contributed by atoms with E-state index in [1.54, 1.807) is 13.0 Å². The van der Waals surface area contributed by atoms with Gasteiger partial charge in [0.15, 0.2) is 6.29 Å². The third kappa shape index (κ3) is 15.9. The first-order valence-corrected chi connectivity index (χ1v) is 9.91. The number of nitrogens with zero attached hydrogens (tertiary/aromatic N) is 1. The second-order valence-corrected chi connectivity index (χ2v) is 6.42. The van der Waals surface area contributed by atoms with Crippen LogP contribution in [0.1, 0.15) is 71.1 Å². The molecule has 0 heterocycles. The first-order chi connectivity index (χ1) is 13.1. The summed E-state index contributed by atoms with van der Waals surface area (Å²) in [6.07, 6.45) is 25.3. The van der Waals surface area contributed by atoms with E-state index < -0.39 is 17.1 Å². The summed E-state index contributed by atoms with van der Waals surface area (Å²) in [5, 5.41) is 20.5. The fourth-order valence-electron chi connectivity index (χ4n) is 2.46. The van der Waals surface area contributed by atoms with Gasteiger partial charge in [0.25, 0.3) is 0 Å². The molecule has 5 nitrogen and oxygen atoms in total. The van der Waals surface area contributed by atoms with Crippen LogP contribution in [0.3, 0.4) is 0 Å². The van der Waals surface area contributed by atoms with Crippen LogP contribution < -0.4 is 0 Å². The Morgan fingerprint density at radius 2 is 1.67 bits per heavy atom. The Balaban J connectivity index is 3.72. The molecule has 0 aromatic heterocycles. The highest BCUT2D eigenvalue weighted by Gasteiger charge is 2.26. The molecule has 0 spiro atoms. The minimum atomic E-state index is -0.918. The number of aliphatic hydroxyl groups excluding tert-OH is 1. The lowest BCUT2D eigenvalue weighted by Crippen LogP contribution is -2.32. The van der Waals surface area contributed by atoms with E-state index in [2.05, 4.69) is 18.2 Å². The van der Waals surface area contributed by atoms with Crippen molar-refractivity contribution in [3.63, 3.8) is 0 Å². The van der Waals surface area contributed by atoms with E-state index in [1.807, 2.05) is 30.6 Å². The largest absolute Gasteiger partial charge is 0.386 e. The van der Waals surface area contributed by atoms with Gasteiger partial charge >= 0.3 is 0 Å². The molecule has 0 rings (SSSR count). The lowest BCUT2D eigenvalue weighted by atomic mass is 10.1. The molecular formula is C22H34NO4. The fourth-order valence-corrected chi connectivity index (χ4v) is 2.46. The van der Waals surface area contributed by atoms with E-state index in [4.69, 9.17) is 0 Å². The van der Waals surface area contributed by atoms with Gasteiger partial charge in [-0.3, -0.25) is 14.9 Å². The SMILES string of the molecule is CCC(O)C(C/C=C\C/C=C\C=C/CC/C=C\CCCCC[C]=O)[N+](=O)[O-]. The number of hydrogen-bond acceptors (Lipinski definition) is 4. The smallest absolute Gasteiger partial charge is 0.241 e. The highest BCUT2D eigenvalue weighted by Crippen LogP contribution is 2.08. The molecule has 0 bridgehead atoms. The maximum absolute atomic E-state index is 10.9. The van der Waals surface area contributed by atoms with Gasteiger partial charge in [0, 0.05) is 17.8 Å². The van der Waals surface area contributed by atoms with Crippen LogP contribution in [0.4, 0.5) is 0 Å². The van der Waals surface area contributed by atoms with Gasteiger partial charge in [-0.05, 0) is 44.9 Å². The number of nitro groups is 1. The summed E-state index contributed by atoms with van der Waals surface area (Å²) in [6, 6.07) is -0.918. The molecule has 0 aliphatic heterocycles. The predicted octanol–water partition coefficient (Wildman–Crippen LogP) is 5.25. The Bertz CT molecular complexity index is 495. The molecule has 0 aromatic carbocycles. The number of unbranched alkanes of at least 4 members (excludes halogenated alkanes) is 5. The Hall–Kier alpha value is -2.01. The fraction of sp³-hybridized carbons (Fsp3) is 0.591. The van der Waals surface area contributed by atoms with E-state index >= 15 is 0 Å². The van der Waals surface area contributed by atoms with Crippen molar-refractivity contribution in [1.82, 2.24) is 0 Å². The molecule has 0 saturated heterocycles. The summed E-state index contributed by atoms with van der Waals surface area (Å²) in [5.41, 5.74) is 0. The Morgan fingerprint density at radius 3 is 2.37 bits per heavy atom. The van der Waals surface area contributed by atoms with Gasteiger partial charge in [-0.2, -0.15) is 0 Å². The highest BCUT2D eigenvalue weighted by molar-refractivity contribution is 5.50. The Morgan fingerprint density at radius 1 is 0.963 bits per heavy atom. The predicted molar refractivity (Wildman–Crippen MR) is 111 cm³/mol. The van der Waals surface area contributed by atoms with Crippen LogP contribution in [0.2, 0.25) is 0 Å². The minimum Gasteiger partial charge on any atom is -0.386 e. The van der Waals surface area contributed by atoms with Gasteiger partial charge in [0.1, 0.15) is 6.10 Å². The molecule has 0 aliphatic rings. The van der Waals surface area contributed by atoms with Crippen LogP contribution >= 0.6 is 0 Å². The van der Waals surface area contributed by atoms with Crippen LogP contribution in [0.5, 0.6) is 0 Å². The van der Waals surface area contributed by atoms with Gasteiger partial charge in [-0.1, -0.05) is 62.0 Å². The second-order valence-electron chi connectivity index (χ2n) is 6.42. The molecule has 0 aromatic rings. The van der Waals surface area contributed by atoms with Gasteiger partial charge in [-0.25, -0.2) is 0 Å². The maximum atomic E-state index is 10.9. The van der Waals surface area contributed by atoms with E-state index in [0.717, 1.165) is 44.9 Å².